The van der Waals surface area contributed by atoms with Crippen LogP contribution in [0.2, 0.25) is 0 Å². The normalized spacial score (nSPS) is 26.3. The Morgan fingerprint density at radius 3 is 2.29 bits per heavy atom. The topological polar surface area (TPSA) is 17.1 Å². The Morgan fingerprint density at radius 2 is 1.79 bits per heavy atom. The van der Waals surface area contributed by atoms with E-state index in [0.29, 0.717) is 0 Å². The summed E-state index contributed by atoms with van der Waals surface area (Å²) >= 11 is 0. The van der Waals surface area contributed by atoms with Crippen LogP contribution >= 0.6 is 7.14 Å². The molecule has 1 aromatic carbocycles. The molecule has 1 nitrogen and oxygen atoms in total. The summed E-state index contributed by atoms with van der Waals surface area (Å²) in [6.45, 7) is 4.12. The summed E-state index contributed by atoms with van der Waals surface area (Å²) in [7, 11) is -2.09. The number of aryl methyl sites for hydroxylation is 1. The van der Waals surface area contributed by atoms with Gasteiger partial charge in [-0.05, 0) is 13.8 Å². The number of allylic oxidation sites excluding steroid dienone is 2. The molecule has 0 aromatic heterocycles. The molecule has 0 fully saturated rings. The van der Waals surface area contributed by atoms with Gasteiger partial charge in [-0.15, -0.1) is 0 Å². The van der Waals surface area contributed by atoms with Gasteiger partial charge in [0.1, 0.15) is 7.14 Å². The van der Waals surface area contributed by atoms with Crippen molar-refractivity contribution in [1.29, 1.82) is 0 Å². The van der Waals surface area contributed by atoms with Gasteiger partial charge in [0, 0.05) is 17.6 Å². The predicted molar refractivity (Wildman–Crippen MR) is 61.9 cm³/mol. The second-order valence-electron chi connectivity index (χ2n) is 4.12. The lowest BCUT2D eigenvalue weighted by Gasteiger charge is -2.11. The van der Waals surface area contributed by atoms with E-state index in [1.165, 1.54) is 11.1 Å². The fourth-order valence-electron chi connectivity index (χ4n) is 1.85. The van der Waals surface area contributed by atoms with Crippen molar-refractivity contribution in [1.82, 2.24) is 0 Å². The molecule has 0 bridgehead atoms. The van der Waals surface area contributed by atoms with E-state index in [4.69, 9.17) is 0 Å². The smallest absolute Gasteiger partial charge is 0.123 e. The van der Waals surface area contributed by atoms with Crippen LogP contribution in [0.5, 0.6) is 0 Å². The maximum absolute atomic E-state index is 12.5. The lowest BCUT2D eigenvalue weighted by molar-refractivity contribution is 0.585. The summed E-state index contributed by atoms with van der Waals surface area (Å²) in [5.41, 5.74) is 2.50. The zero-order chi connectivity index (χ0) is 10.2. The molecule has 2 rings (SSSR count). The molecular weight excluding hydrogens is 191 g/mol. The average Bonchev–Trinajstić information content (AvgIpc) is 2.48. The number of hydrogen-bond donors (Lipinski definition) is 0. The van der Waals surface area contributed by atoms with Gasteiger partial charge in [-0.2, -0.15) is 0 Å². The first-order valence-corrected chi connectivity index (χ1v) is 6.99. The van der Waals surface area contributed by atoms with Crippen LogP contribution in [0.15, 0.2) is 35.9 Å². The molecular formula is C12H15OP. The molecule has 1 unspecified atom stereocenters. The number of hydrogen-bond acceptors (Lipinski definition) is 1. The standard InChI is InChI=1S/C12H15OP/c1-10-3-5-12(6-4-10)14(13)8-7-11(2)9-14/h3-7H,8-9H2,1-2H3. The zero-order valence-electron chi connectivity index (χ0n) is 8.66. The lowest BCUT2D eigenvalue weighted by atomic mass is 10.2. The Balaban J connectivity index is 2.33. The van der Waals surface area contributed by atoms with Crippen LogP contribution in [0.1, 0.15) is 12.5 Å². The molecule has 14 heavy (non-hydrogen) atoms. The van der Waals surface area contributed by atoms with Crippen LogP contribution in [0.4, 0.5) is 0 Å². The molecule has 1 atom stereocenters. The Kier molecular flexibility index (Phi) is 2.36. The highest BCUT2D eigenvalue weighted by molar-refractivity contribution is 7.72. The Morgan fingerprint density at radius 1 is 1.14 bits per heavy atom. The van der Waals surface area contributed by atoms with Crippen molar-refractivity contribution in [2.24, 2.45) is 0 Å². The molecule has 0 saturated heterocycles. The third-order valence-corrected chi connectivity index (χ3v) is 5.77. The summed E-state index contributed by atoms with van der Waals surface area (Å²) in [4.78, 5) is 0. The van der Waals surface area contributed by atoms with E-state index in [2.05, 4.69) is 19.9 Å². The van der Waals surface area contributed by atoms with Crippen LogP contribution in [0, 0.1) is 6.92 Å². The summed E-state index contributed by atoms with van der Waals surface area (Å²) < 4.78 is 12.5. The van der Waals surface area contributed by atoms with Gasteiger partial charge in [-0.1, -0.05) is 41.5 Å². The minimum Gasteiger partial charge on any atom is -0.318 e. The minimum absolute atomic E-state index is 0.752. The van der Waals surface area contributed by atoms with Crippen molar-refractivity contribution in [2.75, 3.05) is 12.3 Å². The maximum atomic E-state index is 12.5. The number of benzene rings is 1. The highest BCUT2D eigenvalue weighted by Crippen LogP contribution is 2.50. The molecule has 0 saturated carbocycles. The van der Waals surface area contributed by atoms with Gasteiger partial charge in [0.25, 0.3) is 0 Å². The van der Waals surface area contributed by atoms with E-state index >= 15 is 0 Å². The molecule has 0 spiro atoms. The van der Waals surface area contributed by atoms with Crippen molar-refractivity contribution in [2.45, 2.75) is 13.8 Å². The third-order valence-electron chi connectivity index (χ3n) is 2.74. The monoisotopic (exact) mass is 206 g/mol. The Hall–Kier alpha value is -0.810. The molecule has 0 radical (unpaired) electrons. The highest BCUT2D eigenvalue weighted by atomic mass is 31.2. The van der Waals surface area contributed by atoms with Crippen molar-refractivity contribution < 1.29 is 4.57 Å². The fraction of sp³-hybridized carbons (Fsp3) is 0.333. The summed E-state index contributed by atoms with van der Waals surface area (Å²) in [6.07, 6.45) is 3.64. The van der Waals surface area contributed by atoms with Crippen molar-refractivity contribution in [3.63, 3.8) is 0 Å². The molecule has 74 valence electrons. The molecule has 2 heteroatoms. The second kappa shape index (κ2) is 3.40. The van der Waals surface area contributed by atoms with Crippen molar-refractivity contribution in [3.8, 4) is 0 Å². The van der Waals surface area contributed by atoms with Crippen LogP contribution in [0.3, 0.4) is 0 Å². The molecule has 1 aliphatic rings. The molecule has 1 aromatic rings. The van der Waals surface area contributed by atoms with Gasteiger partial charge in [-0.25, -0.2) is 0 Å². The van der Waals surface area contributed by atoms with Gasteiger partial charge < -0.3 is 4.57 Å². The van der Waals surface area contributed by atoms with Crippen molar-refractivity contribution >= 4 is 12.4 Å². The average molecular weight is 206 g/mol. The third kappa shape index (κ3) is 1.69. The van der Waals surface area contributed by atoms with Crippen LogP contribution in [-0.2, 0) is 4.57 Å². The van der Waals surface area contributed by atoms with Gasteiger partial charge >= 0.3 is 0 Å². The van der Waals surface area contributed by atoms with Crippen LogP contribution in [0.25, 0.3) is 0 Å². The first kappa shape index (κ1) is 9.73. The van der Waals surface area contributed by atoms with Gasteiger partial charge in [0.15, 0.2) is 0 Å². The van der Waals surface area contributed by atoms with Gasteiger partial charge in [-0.3, -0.25) is 0 Å². The van der Waals surface area contributed by atoms with Gasteiger partial charge in [0.2, 0.25) is 0 Å². The molecule has 1 heterocycles. The summed E-state index contributed by atoms with van der Waals surface area (Å²) in [5.74, 6) is 0. The van der Waals surface area contributed by atoms with Crippen molar-refractivity contribution in [3.05, 3.63) is 41.5 Å². The first-order chi connectivity index (χ1) is 6.60. The second-order valence-corrected chi connectivity index (χ2v) is 7.09. The van der Waals surface area contributed by atoms with E-state index < -0.39 is 7.14 Å². The SMILES string of the molecule is CC1=CCP(=O)(c2ccc(C)cc2)C1. The summed E-state index contributed by atoms with van der Waals surface area (Å²) in [5, 5.41) is 1.04. The first-order valence-electron chi connectivity index (χ1n) is 4.91. The van der Waals surface area contributed by atoms with Crippen LogP contribution < -0.4 is 5.30 Å². The minimum atomic E-state index is -2.09. The maximum Gasteiger partial charge on any atom is 0.123 e. The number of rotatable bonds is 1. The summed E-state index contributed by atoms with van der Waals surface area (Å²) in [6, 6.07) is 8.12. The van der Waals surface area contributed by atoms with E-state index in [0.717, 1.165) is 17.6 Å². The molecule has 0 N–H and O–H groups in total. The Bertz CT molecular complexity index is 414. The van der Waals surface area contributed by atoms with E-state index in [-0.39, 0.29) is 0 Å². The van der Waals surface area contributed by atoms with E-state index in [1.54, 1.807) is 0 Å². The highest BCUT2D eigenvalue weighted by Gasteiger charge is 2.27. The Labute approximate surface area is 85.2 Å². The molecule has 0 amide bonds. The molecule has 1 aliphatic heterocycles. The quantitative estimate of drug-likeness (QED) is 0.510. The zero-order valence-corrected chi connectivity index (χ0v) is 9.55. The molecule has 0 aliphatic carbocycles. The largest absolute Gasteiger partial charge is 0.318 e. The lowest BCUT2D eigenvalue weighted by Crippen LogP contribution is -2.06. The van der Waals surface area contributed by atoms with Crippen LogP contribution in [-0.4, -0.2) is 12.3 Å². The van der Waals surface area contributed by atoms with Gasteiger partial charge in [0.05, 0.1) is 0 Å². The van der Waals surface area contributed by atoms with E-state index in [1.807, 2.05) is 24.3 Å². The van der Waals surface area contributed by atoms with E-state index in [9.17, 15) is 4.57 Å². The fourth-order valence-corrected chi connectivity index (χ4v) is 4.60. The predicted octanol–water partition coefficient (Wildman–Crippen LogP) is 2.94.